The summed E-state index contributed by atoms with van der Waals surface area (Å²) in [5, 5.41) is 0. The number of nitrogens with zero attached hydrogens (tertiary/aromatic N) is 1. The Bertz CT molecular complexity index is 130. The van der Waals surface area contributed by atoms with Crippen LogP contribution in [0.4, 0.5) is 0 Å². The minimum absolute atomic E-state index is 0. The van der Waals surface area contributed by atoms with Crippen molar-refractivity contribution in [2.24, 2.45) is 5.41 Å². The molecule has 1 nitrogen and oxygen atoms in total. The van der Waals surface area contributed by atoms with Gasteiger partial charge < -0.3 is 11.3 Å². The Morgan fingerprint density at radius 2 is 2.18 bits per heavy atom. The van der Waals surface area contributed by atoms with Gasteiger partial charge in [-0.1, -0.05) is 6.42 Å². The van der Waals surface area contributed by atoms with Gasteiger partial charge in [0.15, 0.2) is 0 Å². The summed E-state index contributed by atoms with van der Waals surface area (Å²) < 4.78 is 0. The first-order chi connectivity index (χ1) is 4.81. The second-order valence-corrected chi connectivity index (χ2v) is 4.02. The van der Waals surface area contributed by atoms with Crippen molar-refractivity contribution in [3.63, 3.8) is 0 Å². The van der Waals surface area contributed by atoms with Crippen LogP contribution in [0, 0.1) is 11.8 Å². The van der Waals surface area contributed by atoms with Gasteiger partial charge in [-0.15, -0.1) is 0 Å². The summed E-state index contributed by atoms with van der Waals surface area (Å²) in [5.74, 6) is 0. The van der Waals surface area contributed by atoms with Gasteiger partial charge in [-0.05, 0) is 25.4 Å². The van der Waals surface area contributed by atoms with Gasteiger partial charge in [-0.3, -0.25) is 0 Å². The molecule has 0 aromatic rings. The SMILES string of the molecule is CN1CCC2(C[CH-]CC2)C1.[Cr]. The zero-order valence-electron chi connectivity index (χ0n) is 7.18. The van der Waals surface area contributed by atoms with Gasteiger partial charge in [0, 0.05) is 23.9 Å². The molecule has 64 valence electrons. The van der Waals surface area contributed by atoms with E-state index in [1.165, 1.54) is 38.8 Å². The van der Waals surface area contributed by atoms with E-state index in [1.807, 2.05) is 0 Å². The van der Waals surface area contributed by atoms with E-state index in [0.29, 0.717) is 0 Å². The monoisotopic (exact) mass is 190 g/mol. The maximum atomic E-state index is 2.47. The fraction of sp³-hybridized carbons (Fsp3) is 0.889. The summed E-state index contributed by atoms with van der Waals surface area (Å²) in [6.07, 6.45) is 8.13. The van der Waals surface area contributed by atoms with Crippen molar-refractivity contribution >= 4 is 0 Å². The van der Waals surface area contributed by atoms with Crippen molar-refractivity contribution in [1.29, 1.82) is 0 Å². The smallest absolute Gasteiger partial charge is 0.00100 e. The molecule has 1 aliphatic heterocycles. The Kier molecular flexibility index (Phi) is 3.03. The molecule has 1 unspecified atom stereocenters. The van der Waals surface area contributed by atoms with Crippen molar-refractivity contribution in [2.45, 2.75) is 25.7 Å². The van der Waals surface area contributed by atoms with E-state index < -0.39 is 0 Å². The molecule has 2 aliphatic rings. The molecule has 1 saturated carbocycles. The Hall–Kier alpha value is 0.492. The number of rotatable bonds is 0. The van der Waals surface area contributed by atoms with Gasteiger partial charge in [0.2, 0.25) is 0 Å². The average Bonchev–Trinajstić information content (AvgIpc) is 2.46. The molecule has 2 fully saturated rings. The molecule has 1 saturated heterocycles. The van der Waals surface area contributed by atoms with Crippen LogP contribution < -0.4 is 0 Å². The Morgan fingerprint density at radius 3 is 2.64 bits per heavy atom. The second-order valence-electron chi connectivity index (χ2n) is 4.02. The summed E-state index contributed by atoms with van der Waals surface area (Å²) in [4.78, 5) is 2.47. The molecule has 0 amide bonds. The molecule has 1 aliphatic carbocycles. The Morgan fingerprint density at radius 1 is 1.36 bits per heavy atom. The van der Waals surface area contributed by atoms with Crippen LogP contribution in [0.15, 0.2) is 0 Å². The molecule has 1 heterocycles. The molecule has 0 bridgehead atoms. The fourth-order valence-electron chi connectivity index (χ4n) is 2.45. The zero-order valence-corrected chi connectivity index (χ0v) is 8.45. The molecule has 0 aromatic heterocycles. The van der Waals surface area contributed by atoms with E-state index in [4.69, 9.17) is 0 Å². The molecular weight excluding hydrogens is 174 g/mol. The third-order valence-electron chi connectivity index (χ3n) is 3.09. The van der Waals surface area contributed by atoms with Crippen molar-refractivity contribution in [1.82, 2.24) is 4.90 Å². The Labute approximate surface area is 80.3 Å². The zero-order chi connectivity index (χ0) is 7.03. The van der Waals surface area contributed by atoms with Crippen LogP contribution in [-0.2, 0) is 17.4 Å². The first-order valence-electron chi connectivity index (χ1n) is 4.31. The van der Waals surface area contributed by atoms with E-state index in [2.05, 4.69) is 18.4 Å². The normalized spacial score (nSPS) is 37.9. The van der Waals surface area contributed by atoms with E-state index in [9.17, 15) is 0 Å². The first-order valence-corrected chi connectivity index (χ1v) is 4.31. The standard InChI is InChI=1S/C9H16N.Cr/c1-10-7-6-9(8-10)4-2-3-5-9;/h2H,3-8H2,1H3;/q-1;. The van der Waals surface area contributed by atoms with E-state index in [-0.39, 0.29) is 17.4 Å². The van der Waals surface area contributed by atoms with Gasteiger partial charge in [0.25, 0.3) is 0 Å². The van der Waals surface area contributed by atoms with Gasteiger partial charge in [-0.25, -0.2) is 0 Å². The van der Waals surface area contributed by atoms with Crippen molar-refractivity contribution in [3.05, 3.63) is 6.42 Å². The summed E-state index contributed by atoms with van der Waals surface area (Å²) >= 11 is 0. The summed E-state index contributed by atoms with van der Waals surface area (Å²) in [5.41, 5.74) is 0.731. The minimum Gasteiger partial charge on any atom is -0.328 e. The predicted octanol–water partition coefficient (Wildman–Crippen LogP) is 1.69. The minimum atomic E-state index is 0. The van der Waals surface area contributed by atoms with Gasteiger partial charge in [0.05, 0.1) is 0 Å². The first kappa shape index (κ1) is 9.58. The number of likely N-dealkylation sites (tertiary alicyclic amines) is 1. The van der Waals surface area contributed by atoms with E-state index in [1.54, 1.807) is 0 Å². The molecule has 1 atom stereocenters. The molecule has 2 rings (SSSR count). The molecule has 0 aromatic carbocycles. The van der Waals surface area contributed by atoms with Gasteiger partial charge in [-0.2, -0.15) is 12.8 Å². The molecule has 2 heteroatoms. The van der Waals surface area contributed by atoms with Crippen molar-refractivity contribution < 1.29 is 17.4 Å². The maximum absolute atomic E-state index is 2.47. The quantitative estimate of drug-likeness (QED) is 0.525. The molecule has 1 spiro atoms. The van der Waals surface area contributed by atoms with Crippen molar-refractivity contribution in [3.8, 4) is 0 Å². The predicted molar refractivity (Wildman–Crippen MR) is 42.7 cm³/mol. The van der Waals surface area contributed by atoms with E-state index in [0.717, 1.165) is 5.41 Å². The molecular formula is C9H16CrN-. The third-order valence-corrected chi connectivity index (χ3v) is 3.09. The van der Waals surface area contributed by atoms with Crippen LogP contribution in [0.2, 0.25) is 0 Å². The van der Waals surface area contributed by atoms with Crippen molar-refractivity contribution in [2.75, 3.05) is 20.1 Å². The van der Waals surface area contributed by atoms with Gasteiger partial charge >= 0.3 is 0 Å². The largest absolute Gasteiger partial charge is 0.328 e. The third kappa shape index (κ3) is 1.80. The van der Waals surface area contributed by atoms with Crippen LogP contribution in [0.25, 0.3) is 0 Å². The maximum Gasteiger partial charge on any atom is 0.00100 e. The van der Waals surface area contributed by atoms with Crippen LogP contribution in [0.3, 0.4) is 0 Å². The second kappa shape index (κ2) is 3.48. The summed E-state index contributed by atoms with van der Waals surface area (Å²) in [6.45, 7) is 2.68. The fourth-order valence-corrected chi connectivity index (χ4v) is 2.45. The van der Waals surface area contributed by atoms with Gasteiger partial charge in [0.1, 0.15) is 0 Å². The van der Waals surface area contributed by atoms with Crippen LogP contribution in [-0.4, -0.2) is 25.0 Å². The topological polar surface area (TPSA) is 3.24 Å². The van der Waals surface area contributed by atoms with Crippen LogP contribution >= 0.6 is 0 Å². The number of hydrogen-bond acceptors (Lipinski definition) is 1. The Balaban J connectivity index is 0.000000605. The van der Waals surface area contributed by atoms with E-state index >= 15 is 0 Å². The molecule has 0 N–H and O–H groups in total. The van der Waals surface area contributed by atoms with Crippen LogP contribution in [0.5, 0.6) is 0 Å². The summed E-state index contributed by atoms with van der Waals surface area (Å²) in [7, 11) is 2.24. The average molecular weight is 190 g/mol. The van der Waals surface area contributed by atoms with Crippen LogP contribution in [0.1, 0.15) is 25.7 Å². The summed E-state index contributed by atoms with van der Waals surface area (Å²) in [6, 6.07) is 0. The number of hydrogen-bond donors (Lipinski definition) is 0. The molecule has 0 radical (unpaired) electrons. The molecule has 11 heavy (non-hydrogen) atoms.